The lowest BCUT2D eigenvalue weighted by Gasteiger charge is -2.20. The molecule has 0 aliphatic heterocycles. The maximum absolute atomic E-state index is 11.8. The zero-order valence-electron chi connectivity index (χ0n) is 13.0. The molecule has 1 N–H and O–H groups in total. The quantitative estimate of drug-likeness (QED) is 0.639. The van der Waals surface area contributed by atoms with Gasteiger partial charge in [-0.05, 0) is 54.4 Å². The lowest BCUT2D eigenvalue weighted by atomic mass is 10.2. The van der Waals surface area contributed by atoms with Crippen LogP contribution in [-0.4, -0.2) is 32.5 Å². The molecule has 0 aromatic rings. The van der Waals surface area contributed by atoms with Gasteiger partial charge in [0.15, 0.2) is 0 Å². The van der Waals surface area contributed by atoms with Crippen molar-refractivity contribution in [1.82, 2.24) is 5.48 Å². The normalized spacial score (nSPS) is 19.7. The monoisotopic (exact) mass is 304 g/mol. The summed E-state index contributed by atoms with van der Waals surface area (Å²) in [6.07, 6.45) is 2.33. The first kappa shape index (κ1) is 17.1. The summed E-state index contributed by atoms with van der Waals surface area (Å²) in [4.78, 5) is 16.8. The predicted octanol–water partition coefficient (Wildman–Crippen LogP) is 2.51. The van der Waals surface area contributed by atoms with Crippen LogP contribution in [0.5, 0.6) is 0 Å². The van der Waals surface area contributed by atoms with Crippen molar-refractivity contribution in [2.24, 2.45) is 4.40 Å². The van der Waals surface area contributed by atoms with Crippen LogP contribution in [0.3, 0.4) is 0 Å². The van der Waals surface area contributed by atoms with Crippen LogP contribution in [-0.2, 0) is 20.6 Å². The van der Waals surface area contributed by atoms with E-state index in [-0.39, 0.29) is 0 Å². The Morgan fingerprint density at radius 1 is 1.25 bits per heavy atom. The van der Waals surface area contributed by atoms with Gasteiger partial charge in [-0.2, -0.15) is 9.88 Å². The summed E-state index contributed by atoms with van der Waals surface area (Å²) in [6.45, 7) is 10.9. The van der Waals surface area contributed by atoms with E-state index in [4.69, 9.17) is 9.57 Å². The predicted molar refractivity (Wildman–Crippen MR) is 78.8 cm³/mol. The fourth-order valence-electron chi connectivity index (χ4n) is 1.12. The molecule has 1 aliphatic carbocycles. The molecular weight excluding hydrogens is 280 g/mol. The highest BCUT2D eigenvalue weighted by atomic mass is 32.2. The summed E-state index contributed by atoms with van der Waals surface area (Å²) in [6, 6.07) is 0. The van der Waals surface area contributed by atoms with Crippen LogP contribution in [0, 0.1) is 0 Å². The average molecular weight is 304 g/mol. The molecule has 0 saturated heterocycles. The topological polar surface area (TPSA) is 77.0 Å². The molecular formula is C13H24N2O4S. The van der Waals surface area contributed by atoms with E-state index < -0.39 is 33.0 Å². The fraction of sp³-hybridized carbons (Fsp3) is 0.846. The van der Waals surface area contributed by atoms with E-state index in [1.54, 1.807) is 20.8 Å². The number of hydrogen-bond acceptors (Lipinski definition) is 4. The lowest BCUT2D eigenvalue weighted by molar-refractivity contribution is -0.0289. The van der Waals surface area contributed by atoms with Crippen LogP contribution in [0.4, 0.5) is 4.79 Å². The van der Waals surface area contributed by atoms with Gasteiger partial charge < -0.3 is 4.74 Å². The van der Waals surface area contributed by atoms with E-state index in [9.17, 15) is 9.00 Å². The van der Waals surface area contributed by atoms with Gasteiger partial charge in [0.2, 0.25) is 0 Å². The van der Waals surface area contributed by atoms with Crippen molar-refractivity contribution in [1.29, 1.82) is 0 Å². The molecule has 6 nitrogen and oxygen atoms in total. The van der Waals surface area contributed by atoms with Crippen molar-refractivity contribution in [3.8, 4) is 0 Å². The maximum atomic E-state index is 11.8. The molecule has 1 saturated carbocycles. The van der Waals surface area contributed by atoms with Crippen LogP contribution >= 0.6 is 0 Å². The molecule has 1 aliphatic rings. The summed E-state index contributed by atoms with van der Waals surface area (Å²) < 4.78 is 20.5. The molecule has 1 fully saturated rings. The molecule has 1 rings (SSSR count). The highest BCUT2D eigenvalue weighted by Gasteiger charge is 2.45. The molecule has 1 atom stereocenters. The molecule has 20 heavy (non-hydrogen) atoms. The van der Waals surface area contributed by atoms with E-state index in [1.807, 2.05) is 20.8 Å². The standard InChI is InChI=1S/C13H24N2O4S/c1-11(2,3)18-10(16)15-19-13(7-8-13)9-14-20(17)12(4,5)6/h9H,7-8H2,1-6H3,(H,15,16). The van der Waals surface area contributed by atoms with Crippen LogP contribution < -0.4 is 5.48 Å². The highest BCUT2D eigenvalue weighted by Crippen LogP contribution is 2.37. The number of nitrogens with zero attached hydrogens (tertiary/aromatic N) is 1. The molecule has 0 heterocycles. The number of carbonyl (C=O) groups excluding carboxylic acids is 1. The Morgan fingerprint density at radius 2 is 1.80 bits per heavy atom. The Balaban J connectivity index is 2.46. The van der Waals surface area contributed by atoms with Gasteiger partial charge in [0.1, 0.15) is 22.2 Å². The van der Waals surface area contributed by atoms with Crippen LogP contribution in [0.25, 0.3) is 0 Å². The van der Waals surface area contributed by atoms with E-state index in [2.05, 4.69) is 9.88 Å². The summed E-state index contributed by atoms with van der Waals surface area (Å²) >= 11 is 0. The Bertz CT molecular complexity index is 417. The number of nitrogens with one attached hydrogen (secondary N) is 1. The first-order chi connectivity index (χ1) is 8.94. The second-order valence-corrected chi connectivity index (χ2v) is 8.80. The van der Waals surface area contributed by atoms with Gasteiger partial charge >= 0.3 is 6.09 Å². The number of hydroxylamine groups is 1. The maximum Gasteiger partial charge on any atom is 0.431 e. The Hall–Kier alpha value is -0.950. The average Bonchev–Trinajstić information content (AvgIpc) is 3.00. The third-order valence-electron chi connectivity index (χ3n) is 2.39. The second kappa shape index (κ2) is 5.81. The van der Waals surface area contributed by atoms with Crippen molar-refractivity contribution in [3.63, 3.8) is 0 Å². The largest absolute Gasteiger partial charge is 0.442 e. The number of rotatable bonds is 4. The van der Waals surface area contributed by atoms with Gasteiger partial charge in [-0.25, -0.2) is 9.00 Å². The zero-order valence-corrected chi connectivity index (χ0v) is 13.8. The van der Waals surface area contributed by atoms with E-state index in [1.165, 1.54) is 6.21 Å². The number of carbonyl (C=O) groups is 1. The summed E-state index contributed by atoms with van der Waals surface area (Å²) in [5.41, 5.74) is 1.03. The first-order valence-corrected chi connectivity index (χ1v) is 7.68. The van der Waals surface area contributed by atoms with Crippen molar-refractivity contribution in [3.05, 3.63) is 0 Å². The molecule has 1 amide bonds. The Labute approximate surface area is 122 Å². The van der Waals surface area contributed by atoms with Crippen molar-refractivity contribution in [2.75, 3.05) is 0 Å². The molecule has 0 radical (unpaired) electrons. The Kier molecular flexibility index (Phi) is 4.97. The van der Waals surface area contributed by atoms with E-state index in [0.29, 0.717) is 0 Å². The second-order valence-electron chi connectivity index (χ2n) is 6.87. The lowest BCUT2D eigenvalue weighted by Crippen LogP contribution is -2.36. The van der Waals surface area contributed by atoms with Gasteiger partial charge in [0, 0.05) is 6.21 Å². The van der Waals surface area contributed by atoms with Gasteiger partial charge in [-0.3, -0.25) is 4.84 Å². The molecule has 1 unspecified atom stereocenters. The SMILES string of the molecule is CC(C)(C)OC(=O)NOC1(C=NS(=O)C(C)(C)C)CC1. The fourth-order valence-corrected chi connectivity index (χ4v) is 1.73. The van der Waals surface area contributed by atoms with Gasteiger partial charge in [-0.15, -0.1) is 0 Å². The Morgan fingerprint density at radius 3 is 2.20 bits per heavy atom. The zero-order chi connectivity index (χ0) is 15.6. The molecule has 116 valence electrons. The van der Waals surface area contributed by atoms with Gasteiger partial charge in [-0.1, -0.05) is 0 Å². The minimum atomic E-state index is -1.33. The minimum Gasteiger partial charge on any atom is -0.442 e. The van der Waals surface area contributed by atoms with E-state index in [0.717, 1.165) is 12.8 Å². The van der Waals surface area contributed by atoms with Crippen molar-refractivity contribution < 1.29 is 18.6 Å². The number of amides is 1. The molecule has 0 aromatic carbocycles. The highest BCUT2D eigenvalue weighted by molar-refractivity contribution is 7.85. The van der Waals surface area contributed by atoms with Crippen LogP contribution in [0.1, 0.15) is 54.4 Å². The van der Waals surface area contributed by atoms with Crippen LogP contribution in [0.15, 0.2) is 4.40 Å². The van der Waals surface area contributed by atoms with E-state index >= 15 is 0 Å². The molecule has 0 spiro atoms. The van der Waals surface area contributed by atoms with Gasteiger partial charge in [0.25, 0.3) is 0 Å². The number of ether oxygens (including phenoxy) is 1. The molecule has 0 bridgehead atoms. The summed E-state index contributed by atoms with van der Waals surface area (Å²) in [5, 5.41) is 0. The van der Waals surface area contributed by atoms with Gasteiger partial charge in [0.05, 0.1) is 4.75 Å². The third kappa shape index (κ3) is 6.00. The molecule has 0 aromatic heterocycles. The molecule has 7 heteroatoms. The first-order valence-electron chi connectivity index (χ1n) is 6.58. The minimum absolute atomic E-state index is 0.412. The smallest absolute Gasteiger partial charge is 0.431 e. The summed E-state index contributed by atoms with van der Waals surface area (Å²) in [5.74, 6) is 0. The van der Waals surface area contributed by atoms with Crippen molar-refractivity contribution in [2.45, 2.75) is 70.3 Å². The number of hydrogen-bond donors (Lipinski definition) is 1. The third-order valence-corrected chi connectivity index (χ3v) is 3.73. The van der Waals surface area contributed by atoms with Crippen molar-refractivity contribution >= 4 is 23.3 Å². The van der Waals surface area contributed by atoms with Crippen LogP contribution in [0.2, 0.25) is 0 Å². The summed E-state index contributed by atoms with van der Waals surface area (Å²) in [7, 11) is -1.33.